The summed E-state index contributed by atoms with van der Waals surface area (Å²) in [4.78, 5) is 23.9. The van der Waals surface area contributed by atoms with E-state index in [2.05, 4.69) is 5.32 Å². The van der Waals surface area contributed by atoms with Crippen molar-refractivity contribution in [3.63, 3.8) is 0 Å². The number of rotatable bonds is 8. The minimum atomic E-state index is -4.23. The number of hydrogen-bond acceptors (Lipinski definition) is 5. The number of carbonyl (C=O) groups excluding carboxylic acids is 2. The first-order valence-corrected chi connectivity index (χ1v) is 8.42. The van der Waals surface area contributed by atoms with E-state index in [1.807, 2.05) is 6.92 Å². The van der Waals surface area contributed by atoms with Gasteiger partial charge in [-0.2, -0.15) is 8.42 Å². The molecule has 2 N–H and O–H groups in total. The van der Waals surface area contributed by atoms with Crippen LogP contribution in [-0.4, -0.2) is 43.2 Å². The van der Waals surface area contributed by atoms with Crippen molar-refractivity contribution in [2.75, 3.05) is 12.4 Å². The zero-order valence-corrected chi connectivity index (χ0v) is 13.0. The molecule has 0 heterocycles. The van der Waals surface area contributed by atoms with E-state index in [0.29, 0.717) is 12.0 Å². The Kier molecular flexibility index (Phi) is 7.00. The second kappa shape index (κ2) is 8.50. The standard InChI is InChI=1S/C14H19NO6S/c1-2-9-21-14(17)12(8-10-22(18,19)20)15-13(16)11-6-4-3-5-7-11/h3-7,12H,2,8-10H2,1H3,(H,15,16)(H,18,19,20)/t12-/m0/s1. The zero-order chi connectivity index (χ0) is 16.6. The van der Waals surface area contributed by atoms with Crippen LogP contribution in [0.3, 0.4) is 0 Å². The minimum Gasteiger partial charge on any atom is -0.464 e. The van der Waals surface area contributed by atoms with Gasteiger partial charge in [0.2, 0.25) is 0 Å². The van der Waals surface area contributed by atoms with Gasteiger partial charge in [0.05, 0.1) is 12.4 Å². The summed E-state index contributed by atoms with van der Waals surface area (Å²) in [6.45, 7) is 1.98. The van der Waals surface area contributed by atoms with Gasteiger partial charge in [-0.1, -0.05) is 25.1 Å². The molecule has 22 heavy (non-hydrogen) atoms. The summed E-state index contributed by atoms with van der Waals surface area (Å²) in [7, 11) is -4.23. The molecular formula is C14H19NO6S. The summed E-state index contributed by atoms with van der Waals surface area (Å²) in [5.41, 5.74) is 0.336. The van der Waals surface area contributed by atoms with E-state index in [1.54, 1.807) is 30.3 Å². The molecule has 1 atom stereocenters. The van der Waals surface area contributed by atoms with Crippen molar-refractivity contribution < 1.29 is 27.3 Å². The van der Waals surface area contributed by atoms with Crippen LogP contribution in [0.25, 0.3) is 0 Å². The first-order chi connectivity index (χ1) is 10.3. The van der Waals surface area contributed by atoms with Gasteiger partial charge in [-0.15, -0.1) is 0 Å². The third-order valence-electron chi connectivity index (χ3n) is 2.74. The highest BCUT2D eigenvalue weighted by atomic mass is 32.2. The van der Waals surface area contributed by atoms with Gasteiger partial charge in [-0.05, 0) is 25.0 Å². The Labute approximate surface area is 129 Å². The third kappa shape index (κ3) is 6.68. The number of amides is 1. The van der Waals surface area contributed by atoms with Crippen molar-refractivity contribution in [3.05, 3.63) is 35.9 Å². The largest absolute Gasteiger partial charge is 0.464 e. The highest BCUT2D eigenvalue weighted by Crippen LogP contribution is 2.04. The maximum atomic E-state index is 12.0. The Morgan fingerprint density at radius 1 is 1.27 bits per heavy atom. The molecule has 0 radical (unpaired) electrons. The van der Waals surface area contributed by atoms with Crippen LogP contribution in [-0.2, 0) is 19.6 Å². The van der Waals surface area contributed by atoms with Gasteiger partial charge in [0, 0.05) is 5.56 Å². The van der Waals surface area contributed by atoms with E-state index < -0.39 is 33.8 Å². The second-order valence-corrected chi connectivity index (χ2v) is 6.21. The normalized spacial score (nSPS) is 12.5. The average molecular weight is 329 g/mol. The summed E-state index contributed by atoms with van der Waals surface area (Å²) in [5, 5.41) is 2.43. The van der Waals surface area contributed by atoms with E-state index in [9.17, 15) is 18.0 Å². The van der Waals surface area contributed by atoms with Crippen molar-refractivity contribution in [1.82, 2.24) is 5.32 Å². The summed E-state index contributed by atoms with van der Waals surface area (Å²) >= 11 is 0. The van der Waals surface area contributed by atoms with Crippen LogP contribution in [0, 0.1) is 0 Å². The lowest BCUT2D eigenvalue weighted by Gasteiger charge is -2.17. The maximum Gasteiger partial charge on any atom is 0.328 e. The van der Waals surface area contributed by atoms with Crippen molar-refractivity contribution in [3.8, 4) is 0 Å². The van der Waals surface area contributed by atoms with E-state index in [4.69, 9.17) is 9.29 Å². The van der Waals surface area contributed by atoms with Crippen LogP contribution in [0.4, 0.5) is 0 Å². The van der Waals surface area contributed by atoms with Gasteiger partial charge >= 0.3 is 5.97 Å². The highest BCUT2D eigenvalue weighted by molar-refractivity contribution is 7.85. The van der Waals surface area contributed by atoms with Crippen LogP contribution in [0.2, 0.25) is 0 Å². The molecule has 0 saturated heterocycles. The summed E-state index contributed by atoms with van der Waals surface area (Å²) < 4.78 is 35.3. The molecule has 8 heteroatoms. The third-order valence-corrected chi connectivity index (χ3v) is 3.49. The fourth-order valence-electron chi connectivity index (χ4n) is 1.65. The lowest BCUT2D eigenvalue weighted by atomic mass is 10.1. The molecule has 7 nitrogen and oxygen atoms in total. The molecule has 0 spiro atoms. The Hall–Kier alpha value is -1.93. The molecule has 0 unspecified atom stereocenters. The van der Waals surface area contributed by atoms with Gasteiger partial charge in [0.1, 0.15) is 6.04 Å². The molecule has 0 fully saturated rings. The summed E-state index contributed by atoms with van der Waals surface area (Å²) in [6, 6.07) is 7.05. The van der Waals surface area contributed by atoms with Crippen LogP contribution < -0.4 is 5.32 Å². The number of carbonyl (C=O) groups is 2. The molecule has 1 rings (SSSR count). The van der Waals surface area contributed by atoms with Crippen molar-refractivity contribution in [2.45, 2.75) is 25.8 Å². The zero-order valence-electron chi connectivity index (χ0n) is 12.2. The summed E-state index contributed by atoms with van der Waals surface area (Å²) in [5.74, 6) is -1.89. The predicted molar refractivity (Wildman–Crippen MR) is 80.0 cm³/mol. The smallest absolute Gasteiger partial charge is 0.328 e. The molecule has 0 aliphatic rings. The number of esters is 1. The van der Waals surface area contributed by atoms with Crippen LogP contribution >= 0.6 is 0 Å². The lowest BCUT2D eigenvalue weighted by Crippen LogP contribution is -2.43. The molecule has 0 saturated carbocycles. The quantitative estimate of drug-likeness (QED) is 0.544. The van der Waals surface area contributed by atoms with E-state index in [0.717, 1.165) is 0 Å². The van der Waals surface area contributed by atoms with E-state index >= 15 is 0 Å². The van der Waals surface area contributed by atoms with Crippen molar-refractivity contribution in [2.24, 2.45) is 0 Å². The molecule has 1 aromatic rings. The fourth-order valence-corrected chi connectivity index (χ4v) is 2.18. The molecular weight excluding hydrogens is 310 g/mol. The molecule has 0 aliphatic heterocycles. The highest BCUT2D eigenvalue weighted by Gasteiger charge is 2.24. The molecule has 1 aromatic carbocycles. The van der Waals surface area contributed by atoms with E-state index in [1.165, 1.54) is 0 Å². The number of nitrogens with one attached hydrogen (secondary N) is 1. The Balaban J connectivity index is 2.76. The van der Waals surface area contributed by atoms with Crippen LogP contribution in [0.5, 0.6) is 0 Å². The Morgan fingerprint density at radius 2 is 1.91 bits per heavy atom. The van der Waals surface area contributed by atoms with Gasteiger partial charge in [-0.25, -0.2) is 4.79 Å². The molecule has 0 aromatic heterocycles. The van der Waals surface area contributed by atoms with E-state index in [-0.39, 0.29) is 13.0 Å². The molecule has 0 bridgehead atoms. The SMILES string of the molecule is CCCOC(=O)[C@H](CCS(=O)(=O)O)NC(=O)c1ccccc1. The van der Waals surface area contributed by atoms with Crippen LogP contribution in [0.15, 0.2) is 30.3 Å². The molecule has 1 amide bonds. The average Bonchev–Trinajstić information content (AvgIpc) is 2.48. The van der Waals surface area contributed by atoms with Gasteiger partial charge in [0.25, 0.3) is 16.0 Å². The second-order valence-electron chi connectivity index (χ2n) is 4.63. The van der Waals surface area contributed by atoms with Gasteiger partial charge in [-0.3, -0.25) is 9.35 Å². The molecule has 0 aliphatic carbocycles. The first-order valence-electron chi connectivity index (χ1n) is 6.81. The van der Waals surface area contributed by atoms with Crippen LogP contribution in [0.1, 0.15) is 30.1 Å². The number of benzene rings is 1. The monoisotopic (exact) mass is 329 g/mol. The van der Waals surface area contributed by atoms with Crippen molar-refractivity contribution >= 4 is 22.0 Å². The Bertz CT molecular complexity index is 599. The van der Waals surface area contributed by atoms with Gasteiger partial charge in [0.15, 0.2) is 0 Å². The predicted octanol–water partition coefficient (Wildman–Crippen LogP) is 1.02. The lowest BCUT2D eigenvalue weighted by molar-refractivity contribution is -0.146. The first kappa shape index (κ1) is 18.1. The summed E-state index contributed by atoms with van der Waals surface area (Å²) in [6.07, 6.45) is 0.337. The topological polar surface area (TPSA) is 110 Å². The number of hydrogen-bond donors (Lipinski definition) is 2. The number of ether oxygens (including phenoxy) is 1. The molecule has 122 valence electrons. The Morgan fingerprint density at radius 3 is 2.45 bits per heavy atom. The maximum absolute atomic E-state index is 12.0. The van der Waals surface area contributed by atoms with Crippen molar-refractivity contribution in [1.29, 1.82) is 0 Å². The fraction of sp³-hybridized carbons (Fsp3) is 0.429. The van der Waals surface area contributed by atoms with Gasteiger partial charge < -0.3 is 10.1 Å². The minimum absolute atomic E-state index is 0.169.